The molecule has 15 heavy (non-hydrogen) atoms. The Kier molecular flexibility index (Phi) is 1.88. The van der Waals surface area contributed by atoms with E-state index in [-0.39, 0.29) is 5.83 Å². The molecule has 0 amide bonds. The Morgan fingerprint density at radius 1 is 1.33 bits per heavy atom. The fourth-order valence-electron chi connectivity index (χ4n) is 3.12. The van der Waals surface area contributed by atoms with Crippen molar-refractivity contribution < 1.29 is 4.39 Å². The molecule has 0 aromatic heterocycles. The smallest absolute Gasteiger partial charge is 0.183 e. The van der Waals surface area contributed by atoms with E-state index >= 15 is 0 Å². The van der Waals surface area contributed by atoms with Crippen molar-refractivity contribution in [3.05, 3.63) is 53.8 Å². The number of hydrogen-bond donors (Lipinski definition) is 0. The lowest BCUT2D eigenvalue weighted by Crippen LogP contribution is -2.05. The first-order valence-corrected chi connectivity index (χ1v) is 5.57. The number of hydrogen-bond acceptors (Lipinski definition) is 0. The summed E-state index contributed by atoms with van der Waals surface area (Å²) in [6.07, 6.45) is 10.7. The molecule has 0 heterocycles. The summed E-state index contributed by atoms with van der Waals surface area (Å²) < 4.78 is 13.1. The molecule has 0 spiro atoms. The van der Waals surface area contributed by atoms with E-state index in [2.05, 4.69) is 6.58 Å². The SMILES string of the molecule is C=C1/C(=C2\C=C(F)C=C[CH+]2)C2CCC1C2. The van der Waals surface area contributed by atoms with Crippen molar-refractivity contribution in [1.82, 2.24) is 0 Å². The standard InChI is InChI=1S/C14H14F/c1-9-10-5-6-12(7-10)14(9)11-3-2-4-13(15)8-11/h2-4,8,10,12H,1,5-7H2/q+1/b14-11+. The molecule has 2 bridgehead atoms. The number of fused-ring (bicyclic) bond motifs is 2. The highest BCUT2D eigenvalue weighted by Crippen LogP contribution is 2.52. The number of halogens is 1. The van der Waals surface area contributed by atoms with Crippen molar-refractivity contribution >= 4 is 0 Å². The second-order valence-corrected chi connectivity index (χ2v) is 4.66. The van der Waals surface area contributed by atoms with Crippen molar-refractivity contribution in [2.24, 2.45) is 11.8 Å². The number of rotatable bonds is 0. The minimum Gasteiger partial charge on any atom is -0.183 e. The topological polar surface area (TPSA) is 0 Å². The summed E-state index contributed by atoms with van der Waals surface area (Å²) in [5, 5.41) is 0. The third-order valence-corrected chi connectivity index (χ3v) is 3.82. The lowest BCUT2D eigenvalue weighted by atomic mass is 9.85. The van der Waals surface area contributed by atoms with Crippen LogP contribution in [0.2, 0.25) is 0 Å². The highest BCUT2D eigenvalue weighted by atomic mass is 19.1. The summed E-state index contributed by atoms with van der Waals surface area (Å²) in [7, 11) is 0. The Hall–Kier alpha value is -1.24. The molecule has 0 radical (unpaired) electrons. The van der Waals surface area contributed by atoms with Crippen LogP contribution < -0.4 is 0 Å². The molecule has 1 heteroatoms. The Labute approximate surface area is 89.9 Å². The van der Waals surface area contributed by atoms with Crippen LogP contribution in [-0.4, -0.2) is 0 Å². The van der Waals surface area contributed by atoms with Gasteiger partial charge in [-0.15, -0.1) is 0 Å². The normalized spacial score (nSPS) is 38.2. The molecule has 3 rings (SSSR count). The van der Waals surface area contributed by atoms with Gasteiger partial charge in [-0.25, -0.2) is 0 Å². The predicted molar refractivity (Wildman–Crippen MR) is 59.6 cm³/mol. The molecule has 0 N–H and O–H groups in total. The van der Waals surface area contributed by atoms with Crippen LogP contribution in [0.25, 0.3) is 0 Å². The van der Waals surface area contributed by atoms with Crippen LogP contribution in [0.15, 0.2) is 47.4 Å². The highest BCUT2D eigenvalue weighted by Gasteiger charge is 2.43. The molecule has 2 atom stereocenters. The van der Waals surface area contributed by atoms with Gasteiger partial charge in [-0.05, 0) is 30.8 Å². The lowest BCUT2D eigenvalue weighted by Gasteiger charge is -2.15. The van der Waals surface area contributed by atoms with Crippen LogP contribution in [0.1, 0.15) is 19.3 Å². The molecule has 3 aliphatic rings. The second-order valence-electron chi connectivity index (χ2n) is 4.66. The van der Waals surface area contributed by atoms with Gasteiger partial charge in [0.15, 0.2) is 0 Å². The Morgan fingerprint density at radius 2 is 2.13 bits per heavy atom. The molecule has 2 unspecified atom stereocenters. The summed E-state index contributed by atoms with van der Waals surface area (Å²) >= 11 is 0. The van der Waals surface area contributed by atoms with Crippen molar-refractivity contribution in [2.45, 2.75) is 19.3 Å². The Morgan fingerprint density at radius 3 is 2.80 bits per heavy atom. The van der Waals surface area contributed by atoms with Gasteiger partial charge in [-0.2, -0.15) is 4.39 Å². The molecular formula is C14H14F+. The van der Waals surface area contributed by atoms with Gasteiger partial charge >= 0.3 is 0 Å². The summed E-state index contributed by atoms with van der Waals surface area (Å²) in [6.45, 7) is 4.16. The van der Waals surface area contributed by atoms with Crippen LogP contribution in [0.4, 0.5) is 4.39 Å². The minimum atomic E-state index is -0.143. The van der Waals surface area contributed by atoms with Crippen molar-refractivity contribution in [3.8, 4) is 0 Å². The van der Waals surface area contributed by atoms with Gasteiger partial charge < -0.3 is 0 Å². The summed E-state index contributed by atoms with van der Waals surface area (Å²) in [6, 6.07) is 0. The Balaban J connectivity index is 2.03. The minimum absolute atomic E-state index is 0.143. The van der Waals surface area contributed by atoms with Crippen LogP contribution >= 0.6 is 0 Å². The van der Waals surface area contributed by atoms with E-state index in [9.17, 15) is 4.39 Å². The number of allylic oxidation sites excluding steroid dienone is 7. The summed E-state index contributed by atoms with van der Waals surface area (Å²) in [5.41, 5.74) is 3.63. The fourth-order valence-corrected chi connectivity index (χ4v) is 3.12. The van der Waals surface area contributed by atoms with Gasteiger partial charge in [0.2, 0.25) is 5.83 Å². The van der Waals surface area contributed by atoms with Gasteiger partial charge in [0, 0.05) is 24.0 Å². The Bertz CT molecular complexity index is 409. The molecule has 3 aliphatic carbocycles. The molecule has 2 fully saturated rings. The van der Waals surface area contributed by atoms with E-state index in [1.807, 2.05) is 6.42 Å². The fraction of sp³-hybridized carbons (Fsp3) is 0.357. The third-order valence-electron chi connectivity index (χ3n) is 3.82. The van der Waals surface area contributed by atoms with Crippen LogP contribution in [0.3, 0.4) is 0 Å². The van der Waals surface area contributed by atoms with Gasteiger partial charge in [0.05, 0.1) is 12.2 Å². The molecule has 0 nitrogen and oxygen atoms in total. The average molecular weight is 201 g/mol. The largest absolute Gasteiger partial charge is 0.205 e. The van der Waals surface area contributed by atoms with E-state index in [0.29, 0.717) is 11.8 Å². The van der Waals surface area contributed by atoms with Crippen molar-refractivity contribution in [3.63, 3.8) is 0 Å². The zero-order valence-electron chi connectivity index (χ0n) is 8.67. The first-order valence-electron chi connectivity index (χ1n) is 5.57. The van der Waals surface area contributed by atoms with E-state index < -0.39 is 0 Å². The van der Waals surface area contributed by atoms with Crippen LogP contribution in [-0.2, 0) is 0 Å². The van der Waals surface area contributed by atoms with Crippen molar-refractivity contribution in [2.75, 3.05) is 0 Å². The maximum atomic E-state index is 13.1. The molecule has 76 valence electrons. The van der Waals surface area contributed by atoms with Crippen LogP contribution in [0, 0.1) is 18.3 Å². The van der Waals surface area contributed by atoms with E-state index in [4.69, 9.17) is 0 Å². The summed E-state index contributed by atoms with van der Waals surface area (Å²) in [4.78, 5) is 0. The van der Waals surface area contributed by atoms with E-state index in [0.717, 1.165) is 5.57 Å². The maximum Gasteiger partial charge on any atom is 0.205 e. The van der Waals surface area contributed by atoms with Crippen molar-refractivity contribution in [1.29, 1.82) is 0 Å². The van der Waals surface area contributed by atoms with Crippen LogP contribution in [0.5, 0.6) is 0 Å². The van der Waals surface area contributed by atoms with Gasteiger partial charge in [0.25, 0.3) is 0 Å². The quantitative estimate of drug-likeness (QED) is 0.521. The molecule has 0 aromatic carbocycles. The first-order chi connectivity index (χ1) is 7.25. The van der Waals surface area contributed by atoms with Gasteiger partial charge in [0.1, 0.15) is 5.57 Å². The molecule has 0 saturated heterocycles. The molecule has 0 aromatic rings. The summed E-state index contributed by atoms with van der Waals surface area (Å²) in [5.74, 6) is 1.17. The monoisotopic (exact) mass is 201 g/mol. The zero-order valence-corrected chi connectivity index (χ0v) is 8.67. The zero-order chi connectivity index (χ0) is 10.4. The molecule has 0 aliphatic heterocycles. The maximum absolute atomic E-state index is 13.1. The second kappa shape index (κ2) is 3.13. The third kappa shape index (κ3) is 1.30. The highest BCUT2D eigenvalue weighted by molar-refractivity contribution is 5.54. The van der Waals surface area contributed by atoms with Gasteiger partial charge in [-0.3, -0.25) is 0 Å². The first kappa shape index (κ1) is 9.02. The molecular weight excluding hydrogens is 187 g/mol. The predicted octanol–water partition coefficient (Wildman–Crippen LogP) is 3.90. The average Bonchev–Trinajstić information content (AvgIpc) is 2.77. The molecule has 2 saturated carbocycles. The van der Waals surface area contributed by atoms with E-state index in [1.54, 1.807) is 12.2 Å². The van der Waals surface area contributed by atoms with Gasteiger partial charge in [-0.1, -0.05) is 6.58 Å². The van der Waals surface area contributed by atoms with E-state index in [1.165, 1.54) is 36.5 Å². The lowest BCUT2D eigenvalue weighted by molar-refractivity contribution is 0.647.